The first-order valence-corrected chi connectivity index (χ1v) is 5.56. The average molecular weight is 183 g/mol. The van der Waals surface area contributed by atoms with E-state index in [0.29, 0.717) is 0 Å². The van der Waals surface area contributed by atoms with Crippen molar-refractivity contribution in [3.8, 4) is 0 Å². The molecular weight excluding hydrogens is 162 g/mol. The van der Waals surface area contributed by atoms with Gasteiger partial charge in [-0.1, -0.05) is 13.8 Å². The van der Waals surface area contributed by atoms with Crippen LogP contribution in [0.3, 0.4) is 0 Å². The van der Waals surface area contributed by atoms with Crippen LogP contribution >= 0.6 is 0 Å². The molecule has 0 bridgehead atoms. The highest BCUT2D eigenvalue weighted by molar-refractivity contribution is 4.84. The second-order valence-electron chi connectivity index (χ2n) is 4.96. The SMILES string of the molecule is CC(C)C1CNCC(C2COC2)C1. The summed E-state index contributed by atoms with van der Waals surface area (Å²) in [6.07, 6.45) is 1.42. The van der Waals surface area contributed by atoms with Crippen LogP contribution in [0.15, 0.2) is 0 Å². The molecular formula is C11H21NO. The molecule has 2 aliphatic heterocycles. The predicted octanol–water partition coefficient (Wildman–Crippen LogP) is 1.51. The van der Waals surface area contributed by atoms with Crippen molar-refractivity contribution in [3.63, 3.8) is 0 Å². The lowest BCUT2D eigenvalue weighted by Gasteiger charge is -2.40. The number of nitrogens with one attached hydrogen (secondary N) is 1. The minimum Gasteiger partial charge on any atom is -0.381 e. The van der Waals surface area contributed by atoms with E-state index in [2.05, 4.69) is 19.2 Å². The van der Waals surface area contributed by atoms with E-state index in [1.54, 1.807) is 0 Å². The standard InChI is InChI=1S/C11H21NO/c1-8(2)9-3-10(5-12-4-9)11-6-13-7-11/h8-12H,3-7H2,1-2H3. The Morgan fingerprint density at radius 1 is 1.15 bits per heavy atom. The molecule has 0 aromatic rings. The Hall–Kier alpha value is -0.0800. The van der Waals surface area contributed by atoms with E-state index in [1.165, 1.54) is 19.5 Å². The van der Waals surface area contributed by atoms with Crippen molar-refractivity contribution in [1.29, 1.82) is 0 Å². The summed E-state index contributed by atoms with van der Waals surface area (Å²) < 4.78 is 5.26. The first-order valence-electron chi connectivity index (χ1n) is 5.56. The van der Waals surface area contributed by atoms with Crippen LogP contribution in [0.5, 0.6) is 0 Å². The lowest BCUT2D eigenvalue weighted by atomic mass is 9.77. The fraction of sp³-hybridized carbons (Fsp3) is 1.00. The summed E-state index contributed by atoms with van der Waals surface area (Å²) in [5.41, 5.74) is 0. The zero-order valence-electron chi connectivity index (χ0n) is 8.75. The number of hydrogen-bond donors (Lipinski definition) is 1. The van der Waals surface area contributed by atoms with Gasteiger partial charge in [0.1, 0.15) is 0 Å². The minimum absolute atomic E-state index is 0.830. The number of rotatable bonds is 2. The molecule has 76 valence electrons. The molecule has 2 heterocycles. The molecule has 13 heavy (non-hydrogen) atoms. The zero-order valence-corrected chi connectivity index (χ0v) is 8.75. The highest BCUT2D eigenvalue weighted by Crippen LogP contribution is 2.31. The second kappa shape index (κ2) is 3.97. The second-order valence-corrected chi connectivity index (χ2v) is 4.96. The quantitative estimate of drug-likeness (QED) is 0.700. The van der Waals surface area contributed by atoms with E-state index >= 15 is 0 Å². The van der Waals surface area contributed by atoms with E-state index in [-0.39, 0.29) is 0 Å². The molecule has 1 N–H and O–H groups in total. The van der Waals surface area contributed by atoms with Crippen LogP contribution in [-0.4, -0.2) is 26.3 Å². The van der Waals surface area contributed by atoms with Gasteiger partial charge in [-0.3, -0.25) is 0 Å². The van der Waals surface area contributed by atoms with E-state index < -0.39 is 0 Å². The Morgan fingerprint density at radius 3 is 2.46 bits per heavy atom. The Balaban J connectivity index is 1.84. The summed E-state index contributed by atoms with van der Waals surface area (Å²) in [4.78, 5) is 0. The van der Waals surface area contributed by atoms with Gasteiger partial charge in [0.25, 0.3) is 0 Å². The van der Waals surface area contributed by atoms with Crippen LogP contribution in [0, 0.1) is 23.7 Å². The van der Waals surface area contributed by atoms with Gasteiger partial charge in [-0.15, -0.1) is 0 Å². The predicted molar refractivity (Wildman–Crippen MR) is 53.6 cm³/mol. The molecule has 2 aliphatic rings. The van der Waals surface area contributed by atoms with Crippen LogP contribution in [0.25, 0.3) is 0 Å². The summed E-state index contributed by atoms with van der Waals surface area (Å²) >= 11 is 0. The summed E-state index contributed by atoms with van der Waals surface area (Å²) in [7, 11) is 0. The van der Waals surface area contributed by atoms with Crippen molar-refractivity contribution >= 4 is 0 Å². The maximum Gasteiger partial charge on any atom is 0.0519 e. The first-order chi connectivity index (χ1) is 6.27. The number of hydrogen-bond acceptors (Lipinski definition) is 2. The van der Waals surface area contributed by atoms with E-state index in [0.717, 1.165) is 36.9 Å². The van der Waals surface area contributed by atoms with Gasteiger partial charge in [0.15, 0.2) is 0 Å². The van der Waals surface area contributed by atoms with E-state index in [4.69, 9.17) is 4.74 Å². The highest BCUT2D eigenvalue weighted by atomic mass is 16.5. The fourth-order valence-electron chi connectivity index (χ4n) is 2.40. The van der Waals surface area contributed by atoms with Crippen molar-refractivity contribution < 1.29 is 4.74 Å². The third kappa shape index (κ3) is 2.05. The Kier molecular flexibility index (Phi) is 2.89. The monoisotopic (exact) mass is 183 g/mol. The van der Waals surface area contributed by atoms with Crippen molar-refractivity contribution in [2.75, 3.05) is 26.3 Å². The van der Waals surface area contributed by atoms with Gasteiger partial charge in [-0.05, 0) is 37.3 Å². The van der Waals surface area contributed by atoms with Gasteiger partial charge in [0, 0.05) is 5.92 Å². The van der Waals surface area contributed by atoms with Gasteiger partial charge >= 0.3 is 0 Å². The molecule has 2 fully saturated rings. The fourth-order valence-corrected chi connectivity index (χ4v) is 2.40. The number of piperidine rings is 1. The first kappa shape index (κ1) is 9.47. The van der Waals surface area contributed by atoms with Crippen LogP contribution < -0.4 is 5.32 Å². The largest absolute Gasteiger partial charge is 0.381 e. The van der Waals surface area contributed by atoms with Gasteiger partial charge in [0.2, 0.25) is 0 Å². The maximum atomic E-state index is 5.26. The average Bonchev–Trinajstić information content (AvgIpc) is 2.01. The van der Waals surface area contributed by atoms with Crippen LogP contribution in [-0.2, 0) is 4.74 Å². The third-order valence-corrected chi connectivity index (χ3v) is 3.69. The molecule has 0 aliphatic carbocycles. The maximum absolute atomic E-state index is 5.26. The molecule has 2 unspecified atom stereocenters. The molecule has 2 heteroatoms. The summed E-state index contributed by atoms with van der Waals surface area (Å²) in [6, 6.07) is 0. The topological polar surface area (TPSA) is 21.3 Å². The summed E-state index contributed by atoms with van der Waals surface area (Å²) in [6.45, 7) is 9.14. The van der Waals surface area contributed by atoms with Crippen LogP contribution in [0.1, 0.15) is 20.3 Å². The van der Waals surface area contributed by atoms with Crippen molar-refractivity contribution in [1.82, 2.24) is 5.32 Å². The molecule has 0 saturated carbocycles. The minimum atomic E-state index is 0.830. The smallest absolute Gasteiger partial charge is 0.0519 e. The van der Waals surface area contributed by atoms with Gasteiger partial charge in [-0.2, -0.15) is 0 Å². The van der Waals surface area contributed by atoms with E-state index in [1.807, 2.05) is 0 Å². The van der Waals surface area contributed by atoms with Crippen LogP contribution in [0.4, 0.5) is 0 Å². The van der Waals surface area contributed by atoms with Gasteiger partial charge in [-0.25, -0.2) is 0 Å². The molecule has 0 radical (unpaired) electrons. The van der Waals surface area contributed by atoms with Crippen molar-refractivity contribution in [2.24, 2.45) is 23.7 Å². The van der Waals surface area contributed by atoms with E-state index in [9.17, 15) is 0 Å². The highest BCUT2D eigenvalue weighted by Gasteiger charge is 2.33. The normalized spacial score (nSPS) is 36.2. The Labute approximate surface area is 81.0 Å². The lowest BCUT2D eigenvalue weighted by molar-refractivity contribution is -0.0700. The molecule has 2 rings (SSSR count). The van der Waals surface area contributed by atoms with Crippen LogP contribution in [0.2, 0.25) is 0 Å². The molecule has 2 saturated heterocycles. The molecule has 0 aromatic carbocycles. The Morgan fingerprint density at radius 2 is 1.92 bits per heavy atom. The molecule has 0 spiro atoms. The lowest BCUT2D eigenvalue weighted by Crippen LogP contribution is -2.46. The summed E-state index contributed by atoms with van der Waals surface area (Å²) in [5, 5.41) is 3.56. The third-order valence-electron chi connectivity index (χ3n) is 3.69. The molecule has 2 atom stereocenters. The Bertz CT molecular complexity index is 165. The van der Waals surface area contributed by atoms with Crippen molar-refractivity contribution in [2.45, 2.75) is 20.3 Å². The molecule has 2 nitrogen and oxygen atoms in total. The molecule has 0 aromatic heterocycles. The van der Waals surface area contributed by atoms with Crippen molar-refractivity contribution in [3.05, 3.63) is 0 Å². The molecule has 0 amide bonds. The summed E-state index contributed by atoms with van der Waals surface area (Å²) in [5.74, 6) is 3.46. The zero-order chi connectivity index (χ0) is 9.26. The number of ether oxygens (including phenoxy) is 1. The van der Waals surface area contributed by atoms with Gasteiger partial charge in [0.05, 0.1) is 13.2 Å². The van der Waals surface area contributed by atoms with Gasteiger partial charge < -0.3 is 10.1 Å².